The highest BCUT2D eigenvalue weighted by Crippen LogP contribution is 2.33. The number of hydrogen-bond donors (Lipinski definition) is 0. The summed E-state index contributed by atoms with van der Waals surface area (Å²) in [6.45, 7) is 3.42. The van der Waals surface area contributed by atoms with Crippen LogP contribution in [0.3, 0.4) is 0 Å². The molecule has 2 rings (SSSR count). The van der Waals surface area contributed by atoms with Crippen molar-refractivity contribution in [3.05, 3.63) is 29.8 Å². The van der Waals surface area contributed by atoms with Crippen molar-refractivity contribution < 1.29 is 9.59 Å². The van der Waals surface area contributed by atoms with Crippen LogP contribution in [-0.2, 0) is 4.79 Å². The quantitative estimate of drug-likeness (QED) is 0.700. The van der Waals surface area contributed by atoms with Gasteiger partial charge in [0.15, 0.2) is 5.78 Å². The highest BCUT2D eigenvalue weighted by Gasteiger charge is 2.37. The zero-order chi connectivity index (χ0) is 11.0. The van der Waals surface area contributed by atoms with Crippen molar-refractivity contribution >= 4 is 17.4 Å². The number of fused-ring (bicyclic) bond motifs is 1. The Morgan fingerprint density at radius 3 is 2.67 bits per heavy atom. The number of amides is 1. The second kappa shape index (κ2) is 3.50. The normalized spacial score (nSPS) is 19.2. The molecule has 0 aromatic heterocycles. The number of carbonyl (C=O) groups excluding carboxylic acids is 2. The molecule has 1 aromatic rings. The third kappa shape index (κ3) is 1.35. The van der Waals surface area contributed by atoms with Crippen LogP contribution in [0, 0.1) is 0 Å². The Hall–Kier alpha value is -1.64. The first-order valence-electron chi connectivity index (χ1n) is 5.10. The van der Waals surface area contributed by atoms with Gasteiger partial charge in [0.25, 0.3) is 0 Å². The SMILES string of the molecule is CCC1C(=O)c2ccccc2N1C(C)=O. The molecule has 78 valence electrons. The summed E-state index contributed by atoms with van der Waals surface area (Å²) in [6, 6.07) is 6.97. The number of ketones is 1. The summed E-state index contributed by atoms with van der Waals surface area (Å²) < 4.78 is 0. The van der Waals surface area contributed by atoms with Crippen LogP contribution in [0.15, 0.2) is 24.3 Å². The summed E-state index contributed by atoms with van der Waals surface area (Å²) in [5.41, 5.74) is 1.42. The third-order valence-corrected chi connectivity index (χ3v) is 2.77. The van der Waals surface area contributed by atoms with Crippen molar-refractivity contribution in [2.24, 2.45) is 0 Å². The highest BCUT2D eigenvalue weighted by atomic mass is 16.2. The van der Waals surface area contributed by atoms with E-state index in [0.717, 1.165) is 5.69 Å². The van der Waals surface area contributed by atoms with E-state index in [1.165, 1.54) is 6.92 Å². The lowest BCUT2D eigenvalue weighted by molar-refractivity contribution is -0.116. The molecule has 1 unspecified atom stereocenters. The van der Waals surface area contributed by atoms with Gasteiger partial charge in [0, 0.05) is 12.5 Å². The van der Waals surface area contributed by atoms with Crippen LogP contribution in [0.25, 0.3) is 0 Å². The van der Waals surface area contributed by atoms with Crippen molar-refractivity contribution in [1.82, 2.24) is 0 Å². The molecule has 0 radical (unpaired) electrons. The number of para-hydroxylation sites is 1. The number of benzene rings is 1. The van der Waals surface area contributed by atoms with E-state index < -0.39 is 0 Å². The molecule has 0 bridgehead atoms. The average molecular weight is 203 g/mol. The Balaban J connectivity index is 2.55. The minimum Gasteiger partial charge on any atom is -0.301 e. The number of anilines is 1. The molecule has 1 aliphatic rings. The van der Waals surface area contributed by atoms with Crippen LogP contribution >= 0.6 is 0 Å². The summed E-state index contributed by atoms with van der Waals surface area (Å²) in [5.74, 6) is -0.0107. The van der Waals surface area contributed by atoms with Gasteiger partial charge >= 0.3 is 0 Å². The van der Waals surface area contributed by atoms with Crippen LogP contribution in [0.2, 0.25) is 0 Å². The summed E-state index contributed by atoms with van der Waals surface area (Å²) in [6.07, 6.45) is 0.660. The van der Waals surface area contributed by atoms with Crippen LogP contribution < -0.4 is 4.90 Å². The summed E-state index contributed by atoms with van der Waals surface area (Å²) in [7, 11) is 0. The van der Waals surface area contributed by atoms with E-state index >= 15 is 0 Å². The molecule has 1 atom stereocenters. The molecule has 0 saturated heterocycles. The predicted octanol–water partition coefficient (Wildman–Crippen LogP) is 2.01. The predicted molar refractivity (Wildman–Crippen MR) is 58.0 cm³/mol. The second-order valence-corrected chi connectivity index (χ2v) is 3.69. The van der Waals surface area contributed by atoms with Crippen molar-refractivity contribution in [2.75, 3.05) is 4.90 Å². The smallest absolute Gasteiger partial charge is 0.224 e. The fraction of sp³-hybridized carbons (Fsp3) is 0.333. The number of carbonyl (C=O) groups is 2. The molecule has 1 heterocycles. The first-order chi connectivity index (χ1) is 7.16. The molecule has 1 aliphatic heterocycles. The lowest BCUT2D eigenvalue weighted by Gasteiger charge is -2.21. The topological polar surface area (TPSA) is 37.4 Å². The fourth-order valence-electron chi connectivity index (χ4n) is 2.11. The molecule has 0 spiro atoms. The van der Waals surface area contributed by atoms with Gasteiger partial charge in [-0.05, 0) is 18.6 Å². The van der Waals surface area contributed by atoms with Crippen LogP contribution in [0.5, 0.6) is 0 Å². The number of Topliss-reactive ketones (excluding diaryl/α,β-unsaturated/α-hetero) is 1. The van der Waals surface area contributed by atoms with Crippen molar-refractivity contribution in [3.8, 4) is 0 Å². The molecule has 1 amide bonds. The molecule has 15 heavy (non-hydrogen) atoms. The highest BCUT2D eigenvalue weighted by molar-refractivity contribution is 6.17. The summed E-state index contributed by atoms with van der Waals surface area (Å²) >= 11 is 0. The molecule has 3 nitrogen and oxygen atoms in total. The van der Waals surface area contributed by atoms with E-state index in [0.29, 0.717) is 12.0 Å². The molecular weight excluding hydrogens is 190 g/mol. The van der Waals surface area contributed by atoms with Gasteiger partial charge in [0.2, 0.25) is 5.91 Å². The lowest BCUT2D eigenvalue weighted by Crippen LogP contribution is -2.38. The van der Waals surface area contributed by atoms with Crippen LogP contribution in [0.1, 0.15) is 30.6 Å². The van der Waals surface area contributed by atoms with Crippen LogP contribution in [0.4, 0.5) is 5.69 Å². The Labute approximate surface area is 88.7 Å². The minimum atomic E-state index is -0.306. The molecule has 0 aliphatic carbocycles. The first-order valence-corrected chi connectivity index (χ1v) is 5.10. The second-order valence-electron chi connectivity index (χ2n) is 3.69. The van der Waals surface area contributed by atoms with E-state index in [9.17, 15) is 9.59 Å². The van der Waals surface area contributed by atoms with Crippen molar-refractivity contribution in [1.29, 1.82) is 0 Å². The maximum atomic E-state index is 11.9. The Bertz CT molecular complexity index is 425. The zero-order valence-corrected chi connectivity index (χ0v) is 8.86. The van der Waals surface area contributed by atoms with Gasteiger partial charge in [-0.1, -0.05) is 19.1 Å². The van der Waals surface area contributed by atoms with E-state index in [2.05, 4.69) is 0 Å². The molecule has 1 aromatic carbocycles. The zero-order valence-electron chi connectivity index (χ0n) is 8.86. The average Bonchev–Trinajstić information content (AvgIpc) is 2.52. The molecule has 3 heteroatoms. The number of rotatable bonds is 1. The van der Waals surface area contributed by atoms with Gasteiger partial charge in [0.1, 0.15) is 0 Å². The summed E-state index contributed by atoms with van der Waals surface area (Å²) in [4.78, 5) is 25.0. The Morgan fingerprint density at radius 2 is 2.07 bits per heavy atom. The largest absolute Gasteiger partial charge is 0.301 e. The van der Waals surface area contributed by atoms with E-state index in [1.54, 1.807) is 11.0 Å². The van der Waals surface area contributed by atoms with Gasteiger partial charge in [-0.3, -0.25) is 9.59 Å². The first kappa shape index (κ1) is 9.90. The molecule has 0 N–H and O–H groups in total. The van der Waals surface area contributed by atoms with E-state index in [4.69, 9.17) is 0 Å². The maximum Gasteiger partial charge on any atom is 0.224 e. The fourth-order valence-corrected chi connectivity index (χ4v) is 2.11. The third-order valence-electron chi connectivity index (χ3n) is 2.77. The molecule has 0 saturated carbocycles. The van der Waals surface area contributed by atoms with Crippen molar-refractivity contribution in [3.63, 3.8) is 0 Å². The maximum absolute atomic E-state index is 11.9. The van der Waals surface area contributed by atoms with Gasteiger partial charge < -0.3 is 4.90 Å². The van der Waals surface area contributed by atoms with Gasteiger partial charge in [-0.15, -0.1) is 0 Å². The summed E-state index contributed by atoms with van der Waals surface area (Å²) in [5, 5.41) is 0. The molecule has 0 fully saturated rings. The number of nitrogens with zero attached hydrogens (tertiary/aromatic N) is 1. The Morgan fingerprint density at radius 1 is 1.40 bits per heavy atom. The molecular formula is C12H13NO2. The van der Waals surface area contributed by atoms with Gasteiger partial charge in [-0.25, -0.2) is 0 Å². The van der Waals surface area contributed by atoms with Gasteiger partial charge in [0.05, 0.1) is 11.7 Å². The minimum absolute atomic E-state index is 0.0586. The lowest BCUT2D eigenvalue weighted by atomic mass is 10.1. The number of hydrogen-bond acceptors (Lipinski definition) is 2. The van der Waals surface area contributed by atoms with E-state index in [1.807, 2.05) is 25.1 Å². The van der Waals surface area contributed by atoms with Gasteiger partial charge in [-0.2, -0.15) is 0 Å². The Kier molecular flexibility index (Phi) is 2.31. The van der Waals surface area contributed by atoms with Crippen molar-refractivity contribution in [2.45, 2.75) is 26.3 Å². The van der Waals surface area contributed by atoms with E-state index in [-0.39, 0.29) is 17.7 Å². The van der Waals surface area contributed by atoms with Crippen LogP contribution in [-0.4, -0.2) is 17.7 Å². The monoisotopic (exact) mass is 203 g/mol. The standard InChI is InChI=1S/C12H13NO2/c1-3-10-12(15)9-6-4-5-7-11(9)13(10)8(2)14/h4-7,10H,3H2,1-2H3.